The van der Waals surface area contributed by atoms with Gasteiger partial charge in [-0.3, -0.25) is 0 Å². The van der Waals surface area contributed by atoms with E-state index in [0.717, 1.165) is 54.7 Å². The van der Waals surface area contributed by atoms with E-state index in [9.17, 15) is 0 Å². The quantitative estimate of drug-likeness (QED) is 0.319. The van der Waals surface area contributed by atoms with Crippen LogP contribution in [0, 0.1) is 0 Å². The van der Waals surface area contributed by atoms with Crippen LogP contribution < -0.4 is 9.47 Å². The molecule has 0 aliphatic rings. The Hall–Kier alpha value is -1.22. The molecule has 0 fully saturated rings. The monoisotopic (exact) mass is 392 g/mol. The van der Waals surface area contributed by atoms with Gasteiger partial charge in [0, 0.05) is 16.1 Å². The molecular weight excluding hydrogens is 364 g/mol. The number of hydrogen-bond donors (Lipinski definition) is 0. The minimum absolute atomic E-state index is 0.755. The SMILES string of the molecule is CCCOc1c(CC)cc(OCCCCCCBr)c2ccccc12. The first-order valence-electron chi connectivity index (χ1n) is 9.18. The summed E-state index contributed by atoms with van der Waals surface area (Å²) in [4.78, 5) is 0. The number of rotatable bonds is 11. The molecule has 0 saturated carbocycles. The summed E-state index contributed by atoms with van der Waals surface area (Å²) in [6, 6.07) is 10.6. The number of aryl methyl sites for hydroxylation is 1. The number of alkyl halides is 1. The molecule has 3 heteroatoms. The van der Waals surface area contributed by atoms with Crippen molar-refractivity contribution in [1.29, 1.82) is 0 Å². The van der Waals surface area contributed by atoms with Crippen LogP contribution in [0.2, 0.25) is 0 Å². The molecule has 2 nitrogen and oxygen atoms in total. The maximum Gasteiger partial charge on any atom is 0.130 e. The van der Waals surface area contributed by atoms with Crippen LogP contribution in [0.3, 0.4) is 0 Å². The summed E-state index contributed by atoms with van der Waals surface area (Å²) < 4.78 is 12.2. The highest BCUT2D eigenvalue weighted by molar-refractivity contribution is 9.09. The number of benzene rings is 2. The van der Waals surface area contributed by atoms with Crippen LogP contribution in [0.5, 0.6) is 11.5 Å². The van der Waals surface area contributed by atoms with E-state index in [2.05, 4.69) is 60.1 Å². The highest BCUT2D eigenvalue weighted by atomic mass is 79.9. The zero-order chi connectivity index (χ0) is 17.2. The Labute approximate surface area is 154 Å². The fourth-order valence-electron chi connectivity index (χ4n) is 2.86. The highest BCUT2D eigenvalue weighted by Gasteiger charge is 2.13. The molecular formula is C21H29BrO2. The van der Waals surface area contributed by atoms with Gasteiger partial charge < -0.3 is 9.47 Å². The molecule has 132 valence electrons. The van der Waals surface area contributed by atoms with Gasteiger partial charge in [-0.05, 0) is 37.3 Å². The van der Waals surface area contributed by atoms with Gasteiger partial charge in [-0.1, -0.05) is 66.9 Å². The third kappa shape index (κ3) is 5.14. The molecule has 0 aromatic heterocycles. The van der Waals surface area contributed by atoms with Crippen LogP contribution >= 0.6 is 15.9 Å². The minimum atomic E-state index is 0.755. The number of halogens is 1. The maximum atomic E-state index is 6.13. The molecule has 0 atom stereocenters. The second kappa shape index (κ2) is 10.6. The third-order valence-corrected chi connectivity index (χ3v) is 4.71. The van der Waals surface area contributed by atoms with Crippen LogP contribution in [-0.4, -0.2) is 18.5 Å². The Bertz CT molecular complexity index is 625. The van der Waals surface area contributed by atoms with E-state index in [1.54, 1.807) is 0 Å². The Balaban J connectivity index is 2.17. The lowest BCUT2D eigenvalue weighted by Gasteiger charge is -2.17. The molecule has 0 saturated heterocycles. The van der Waals surface area contributed by atoms with Gasteiger partial charge in [-0.2, -0.15) is 0 Å². The van der Waals surface area contributed by atoms with Crippen molar-refractivity contribution in [2.45, 2.75) is 52.4 Å². The van der Waals surface area contributed by atoms with Gasteiger partial charge in [0.25, 0.3) is 0 Å². The molecule has 0 aliphatic heterocycles. The van der Waals surface area contributed by atoms with Crippen molar-refractivity contribution in [2.24, 2.45) is 0 Å². The predicted molar refractivity (Wildman–Crippen MR) is 107 cm³/mol. The van der Waals surface area contributed by atoms with E-state index in [1.165, 1.54) is 30.2 Å². The van der Waals surface area contributed by atoms with Gasteiger partial charge in [0.15, 0.2) is 0 Å². The van der Waals surface area contributed by atoms with Gasteiger partial charge in [-0.25, -0.2) is 0 Å². The average molecular weight is 393 g/mol. The lowest BCUT2D eigenvalue weighted by atomic mass is 10.0. The molecule has 2 aromatic carbocycles. The van der Waals surface area contributed by atoms with Crippen LogP contribution in [0.15, 0.2) is 30.3 Å². The maximum absolute atomic E-state index is 6.13. The summed E-state index contributed by atoms with van der Waals surface area (Å²) in [5, 5.41) is 3.42. The zero-order valence-corrected chi connectivity index (χ0v) is 16.5. The molecule has 0 bridgehead atoms. The lowest BCUT2D eigenvalue weighted by Crippen LogP contribution is -2.03. The number of ether oxygens (including phenoxy) is 2. The summed E-state index contributed by atoms with van der Waals surface area (Å²) in [6.07, 6.45) is 6.81. The van der Waals surface area contributed by atoms with E-state index in [0.29, 0.717) is 0 Å². The Morgan fingerprint density at radius 2 is 1.62 bits per heavy atom. The molecule has 0 heterocycles. The average Bonchev–Trinajstić information content (AvgIpc) is 2.63. The van der Waals surface area contributed by atoms with Crippen LogP contribution in [0.25, 0.3) is 10.8 Å². The second-order valence-corrected chi connectivity index (χ2v) is 6.86. The molecule has 0 aliphatic carbocycles. The van der Waals surface area contributed by atoms with Crippen molar-refractivity contribution in [1.82, 2.24) is 0 Å². The van der Waals surface area contributed by atoms with Crippen LogP contribution in [0.4, 0.5) is 0 Å². The molecule has 2 rings (SSSR count). The summed E-state index contributed by atoms with van der Waals surface area (Å²) in [7, 11) is 0. The minimum Gasteiger partial charge on any atom is -0.493 e. The van der Waals surface area contributed by atoms with E-state index in [1.807, 2.05) is 0 Å². The fourth-order valence-corrected chi connectivity index (χ4v) is 3.26. The molecule has 0 amide bonds. The molecule has 2 aromatic rings. The lowest BCUT2D eigenvalue weighted by molar-refractivity contribution is 0.304. The first kappa shape index (κ1) is 19.1. The first-order valence-corrected chi connectivity index (χ1v) is 10.3. The molecule has 0 unspecified atom stereocenters. The van der Waals surface area contributed by atoms with Crippen molar-refractivity contribution < 1.29 is 9.47 Å². The molecule has 0 spiro atoms. The summed E-state index contributed by atoms with van der Waals surface area (Å²) >= 11 is 3.48. The Morgan fingerprint density at radius 3 is 2.33 bits per heavy atom. The molecule has 24 heavy (non-hydrogen) atoms. The molecule has 0 radical (unpaired) electrons. The van der Waals surface area contributed by atoms with Gasteiger partial charge in [-0.15, -0.1) is 0 Å². The Kier molecular flexibility index (Phi) is 8.44. The Morgan fingerprint density at radius 1 is 0.875 bits per heavy atom. The summed E-state index contributed by atoms with van der Waals surface area (Å²) in [6.45, 7) is 5.85. The predicted octanol–water partition coefficient (Wildman–Crippen LogP) is 6.53. The fraction of sp³-hybridized carbons (Fsp3) is 0.524. The van der Waals surface area contributed by atoms with Crippen molar-refractivity contribution in [3.63, 3.8) is 0 Å². The van der Waals surface area contributed by atoms with E-state index < -0.39 is 0 Å². The van der Waals surface area contributed by atoms with Gasteiger partial charge in [0.1, 0.15) is 11.5 Å². The van der Waals surface area contributed by atoms with E-state index >= 15 is 0 Å². The number of hydrogen-bond acceptors (Lipinski definition) is 2. The van der Waals surface area contributed by atoms with Crippen molar-refractivity contribution in [3.8, 4) is 11.5 Å². The van der Waals surface area contributed by atoms with Gasteiger partial charge >= 0.3 is 0 Å². The summed E-state index contributed by atoms with van der Waals surface area (Å²) in [5.41, 5.74) is 1.23. The van der Waals surface area contributed by atoms with Gasteiger partial charge in [0.2, 0.25) is 0 Å². The highest BCUT2D eigenvalue weighted by Crippen LogP contribution is 2.37. The largest absolute Gasteiger partial charge is 0.493 e. The number of fused-ring (bicyclic) bond motifs is 1. The molecule has 0 N–H and O–H groups in total. The standard InChI is InChI=1S/C21H29BrO2/c1-3-14-24-21-17(4-2)16-20(18-11-7-8-12-19(18)21)23-15-10-6-5-9-13-22/h7-8,11-12,16H,3-6,9-10,13-15H2,1-2H3. The third-order valence-electron chi connectivity index (χ3n) is 4.15. The number of unbranched alkanes of at least 4 members (excludes halogenated alkanes) is 3. The van der Waals surface area contributed by atoms with Crippen LogP contribution in [0.1, 0.15) is 51.5 Å². The normalized spacial score (nSPS) is 11.0. The van der Waals surface area contributed by atoms with Crippen molar-refractivity contribution in [2.75, 3.05) is 18.5 Å². The topological polar surface area (TPSA) is 18.5 Å². The zero-order valence-electron chi connectivity index (χ0n) is 14.9. The van der Waals surface area contributed by atoms with Crippen LogP contribution in [-0.2, 0) is 6.42 Å². The smallest absolute Gasteiger partial charge is 0.130 e. The first-order chi connectivity index (χ1) is 11.8. The van der Waals surface area contributed by atoms with E-state index in [4.69, 9.17) is 9.47 Å². The van der Waals surface area contributed by atoms with Gasteiger partial charge in [0.05, 0.1) is 13.2 Å². The van der Waals surface area contributed by atoms with E-state index in [-0.39, 0.29) is 0 Å². The second-order valence-electron chi connectivity index (χ2n) is 6.06. The summed E-state index contributed by atoms with van der Waals surface area (Å²) in [5.74, 6) is 2.02. The van der Waals surface area contributed by atoms with Crippen molar-refractivity contribution in [3.05, 3.63) is 35.9 Å². The van der Waals surface area contributed by atoms with Crippen molar-refractivity contribution >= 4 is 26.7 Å².